The third kappa shape index (κ3) is 1.60. The summed E-state index contributed by atoms with van der Waals surface area (Å²) in [5.41, 5.74) is -0.405. The molecule has 0 radical (unpaired) electrons. The van der Waals surface area contributed by atoms with Gasteiger partial charge in [-0.05, 0) is 26.0 Å². The minimum absolute atomic E-state index is 0.266. The number of nitrogens with zero attached hydrogens (tertiary/aromatic N) is 2. The molecule has 4 nitrogen and oxygen atoms in total. The van der Waals surface area contributed by atoms with Gasteiger partial charge in [-0.25, -0.2) is 9.69 Å². The van der Waals surface area contributed by atoms with E-state index in [0.717, 1.165) is 4.90 Å². The van der Waals surface area contributed by atoms with Crippen molar-refractivity contribution in [3.05, 3.63) is 29.3 Å². The van der Waals surface area contributed by atoms with E-state index in [1.807, 2.05) is 0 Å². The Bertz CT molecular complexity index is 499. The molecule has 90 valence electrons. The quantitative estimate of drug-likeness (QED) is 0.721. The minimum atomic E-state index is -0.837. The summed E-state index contributed by atoms with van der Waals surface area (Å²) in [6, 6.07) is 6.46. The highest BCUT2D eigenvalue weighted by Crippen LogP contribution is 2.34. The summed E-state index contributed by atoms with van der Waals surface area (Å²) in [6.45, 7) is 3.42. The molecule has 0 bridgehead atoms. The first kappa shape index (κ1) is 11.9. The number of urea groups is 1. The number of para-hydroxylation sites is 1. The van der Waals surface area contributed by atoms with Crippen LogP contribution in [-0.2, 0) is 4.79 Å². The lowest BCUT2D eigenvalue weighted by Gasteiger charge is -2.22. The Labute approximate surface area is 105 Å². The summed E-state index contributed by atoms with van der Waals surface area (Å²) < 4.78 is 0. The van der Waals surface area contributed by atoms with Crippen LogP contribution in [0.3, 0.4) is 0 Å². The van der Waals surface area contributed by atoms with Gasteiger partial charge in [-0.2, -0.15) is 0 Å². The van der Waals surface area contributed by atoms with Crippen molar-refractivity contribution in [1.82, 2.24) is 4.90 Å². The summed E-state index contributed by atoms with van der Waals surface area (Å²) in [4.78, 5) is 26.8. The molecular formula is C12H13ClN2O2. The first-order valence-corrected chi connectivity index (χ1v) is 5.62. The number of halogens is 1. The predicted octanol–water partition coefficient (Wildman–Crippen LogP) is 2.52. The van der Waals surface area contributed by atoms with E-state index in [0.29, 0.717) is 10.7 Å². The van der Waals surface area contributed by atoms with Crippen molar-refractivity contribution in [2.24, 2.45) is 0 Å². The van der Waals surface area contributed by atoms with Crippen LogP contribution in [0.4, 0.5) is 10.5 Å². The van der Waals surface area contributed by atoms with Gasteiger partial charge in [-0.3, -0.25) is 4.79 Å². The third-order valence-corrected chi connectivity index (χ3v) is 3.46. The van der Waals surface area contributed by atoms with Gasteiger partial charge in [-0.15, -0.1) is 0 Å². The van der Waals surface area contributed by atoms with Crippen molar-refractivity contribution >= 4 is 29.2 Å². The number of imide groups is 1. The van der Waals surface area contributed by atoms with E-state index >= 15 is 0 Å². The van der Waals surface area contributed by atoms with Gasteiger partial charge in [0.25, 0.3) is 5.91 Å². The summed E-state index contributed by atoms with van der Waals surface area (Å²) in [6.07, 6.45) is 0. The largest absolute Gasteiger partial charge is 0.332 e. The summed E-state index contributed by atoms with van der Waals surface area (Å²) >= 11 is 6.01. The molecular weight excluding hydrogens is 240 g/mol. The van der Waals surface area contributed by atoms with E-state index in [1.54, 1.807) is 45.2 Å². The molecule has 0 N–H and O–H groups in total. The molecule has 1 heterocycles. The number of hydrogen-bond acceptors (Lipinski definition) is 2. The summed E-state index contributed by atoms with van der Waals surface area (Å²) in [5.74, 6) is -0.266. The van der Waals surface area contributed by atoms with Crippen LogP contribution >= 0.6 is 11.6 Å². The van der Waals surface area contributed by atoms with Gasteiger partial charge < -0.3 is 4.90 Å². The zero-order valence-corrected chi connectivity index (χ0v) is 10.7. The maximum Gasteiger partial charge on any atom is 0.332 e. The lowest BCUT2D eigenvalue weighted by molar-refractivity contribution is -0.123. The fraction of sp³-hybridized carbons (Fsp3) is 0.333. The second-order valence-electron chi connectivity index (χ2n) is 4.49. The van der Waals surface area contributed by atoms with E-state index in [9.17, 15) is 9.59 Å². The molecule has 1 aliphatic rings. The van der Waals surface area contributed by atoms with Crippen LogP contribution in [0.1, 0.15) is 13.8 Å². The van der Waals surface area contributed by atoms with Crippen LogP contribution in [0, 0.1) is 0 Å². The molecule has 1 saturated heterocycles. The topological polar surface area (TPSA) is 40.6 Å². The standard InChI is InChI=1S/C12H13ClN2O2/c1-12(2)10(16)15(11(17)14(12)3)9-7-5-4-6-8(9)13/h4-7H,1-3H3. The average Bonchev–Trinajstić information content (AvgIpc) is 2.43. The molecule has 5 heteroatoms. The molecule has 0 spiro atoms. The number of rotatable bonds is 1. The average molecular weight is 253 g/mol. The molecule has 0 atom stereocenters. The molecule has 3 amide bonds. The van der Waals surface area contributed by atoms with Crippen LogP contribution in [-0.4, -0.2) is 29.4 Å². The predicted molar refractivity (Wildman–Crippen MR) is 66.2 cm³/mol. The van der Waals surface area contributed by atoms with Crippen LogP contribution in [0.5, 0.6) is 0 Å². The third-order valence-electron chi connectivity index (χ3n) is 3.14. The van der Waals surface area contributed by atoms with E-state index in [2.05, 4.69) is 0 Å². The number of benzene rings is 1. The van der Waals surface area contributed by atoms with E-state index in [1.165, 1.54) is 4.90 Å². The highest BCUT2D eigenvalue weighted by molar-refractivity contribution is 6.36. The van der Waals surface area contributed by atoms with Crippen molar-refractivity contribution in [3.63, 3.8) is 0 Å². The molecule has 1 aromatic rings. The second kappa shape index (κ2) is 3.74. The lowest BCUT2D eigenvalue weighted by Crippen LogP contribution is -2.41. The van der Waals surface area contributed by atoms with Gasteiger partial charge in [-0.1, -0.05) is 23.7 Å². The SMILES string of the molecule is CN1C(=O)N(c2ccccc2Cl)C(=O)C1(C)C. The number of carbonyl (C=O) groups is 2. The summed E-state index contributed by atoms with van der Waals surface area (Å²) in [5, 5.41) is 0.389. The van der Waals surface area contributed by atoms with Gasteiger partial charge >= 0.3 is 6.03 Å². The first-order chi connectivity index (χ1) is 7.87. The second-order valence-corrected chi connectivity index (χ2v) is 4.90. The maximum absolute atomic E-state index is 12.2. The van der Waals surface area contributed by atoms with E-state index < -0.39 is 5.54 Å². The first-order valence-electron chi connectivity index (χ1n) is 5.24. The normalized spacial score (nSPS) is 19.1. The van der Waals surface area contributed by atoms with Crippen molar-refractivity contribution in [2.75, 3.05) is 11.9 Å². The van der Waals surface area contributed by atoms with Crippen LogP contribution < -0.4 is 4.90 Å². The van der Waals surface area contributed by atoms with Gasteiger partial charge in [0, 0.05) is 7.05 Å². The molecule has 0 saturated carbocycles. The number of likely N-dealkylation sites (N-methyl/N-ethyl adjacent to an activating group) is 1. The zero-order valence-electron chi connectivity index (χ0n) is 9.90. The van der Waals surface area contributed by atoms with Crippen LogP contribution in [0.25, 0.3) is 0 Å². The zero-order chi connectivity index (χ0) is 12.8. The van der Waals surface area contributed by atoms with E-state index in [4.69, 9.17) is 11.6 Å². The number of amides is 3. The molecule has 17 heavy (non-hydrogen) atoms. The number of carbonyl (C=O) groups excluding carboxylic acids is 2. The molecule has 1 aliphatic heterocycles. The minimum Gasteiger partial charge on any atom is -0.313 e. The van der Waals surface area contributed by atoms with Crippen molar-refractivity contribution in [1.29, 1.82) is 0 Å². The highest BCUT2D eigenvalue weighted by atomic mass is 35.5. The fourth-order valence-electron chi connectivity index (χ4n) is 1.74. The van der Waals surface area contributed by atoms with Crippen molar-refractivity contribution in [2.45, 2.75) is 19.4 Å². The van der Waals surface area contributed by atoms with Gasteiger partial charge in [0.15, 0.2) is 0 Å². The molecule has 0 unspecified atom stereocenters. The monoisotopic (exact) mass is 252 g/mol. The summed E-state index contributed by atoms with van der Waals surface area (Å²) in [7, 11) is 1.61. The van der Waals surface area contributed by atoms with Gasteiger partial charge in [0.2, 0.25) is 0 Å². The van der Waals surface area contributed by atoms with Gasteiger partial charge in [0.05, 0.1) is 10.7 Å². The Hall–Kier alpha value is -1.55. The fourth-order valence-corrected chi connectivity index (χ4v) is 1.96. The number of anilines is 1. The number of hydrogen-bond donors (Lipinski definition) is 0. The van der Waals surface area contributed by atoms with Crippen molar-refractivity contribution < 1.29 is 9.59 Å². The Kier molecular flexibility index (Phi) is 2.62. The maximum atomic E-state index is 12.2. The molecule has 1 fully saturated rings. The van der Waals surface area contributed by atoms with Crippen LogP contribution in [0.15, 0.2) is 24.3 Å². The molecule has 0 aliphatic carbocycles. The molecule has 1 aromatic carbocycles. The molecule has 2 rings (SSSR count). The Morgan fingerprint density at radius 3 is 2.24 bits per heavy atom. The lowest BCUT2D eigenvalue weighted by atomic mass is 10.1. The highest BCUT2D eigenvalue weighted by Gasteiger charge is 2.50. The Morgan fingerprint density at radius 2 is 1.76 bits per heavy atom. The van der Waals surface area contributed by atoms with Gasteiger partial charge in [0.1, 0.15) is 5.54 Å². The molecule has 0 aromatic heterocycles. The Morgan fingerprint density at radius 1 is 1.18 bits per heavy atom. The van der Waals surface area contributed by atoms with Crippen molar-refractivity contribution in [3.8, 4) is 0 Å². The van der Waals surface area contributed by atoms with E-state index in [-0.39, 0.29) is 11.9 Å². The van der Waals surface area contributed by atoms with Crippen LogP contribution in [0.2, 0.25) is 5.02 Å². The smallest absolute Gasteiger partial charge is 0.313 e. The Balaban J connectivity index is 2.52.